The Hall–Kier alpha value is -1.85. The lowest BCUT2D eigenvalue weighted by Crippen LogP contribution is -2.07. The van der Waals surface area contributed by atoms with Crippen molar-refractivity contribution in [1.29, 1.82) is 0 Å². The van der Waals surface area contributed by atoms with Gasteiger partial charge in [0.05, 0.1) is 18.5 Å². The van der Waals surface area contributed by atoms with E-state index >= 15 is 0 Å². The summed E-state index contributed by atoms with van der Waals surface area (Å²) in [5, 5.41) is 12.2. The van der Waals surface area contributed by atoms with Gasteiger partial charge in [-0.2, -0.15) is 0 Å². The molecule has 0 radical (unpaired) electrons. The maximum atomic E-state index is 8.81. The summed E-state index contributed by atoms with van der Waals surface area (Å²) in [6.07, 6.45) is 1.62. The maximum Gasteiger partial charge on any atom is 0.132 e. The number of aliphatic hydroxyl groups is 1. The van der Waals surface area contributed by atoms with Gasteiger partial charge in [-0.15, -0.1) is 0 Å². The van der Waals surface area contributed by atoms with E-state index in [-0.39, 0.29) is 6.61 Å². The van der Waals surface area contributed by atoms with Gasteiger partial charge in [0.15, 0.2) is 0 Å². The molecule has 2 aromatic heterocycles. The second-order valence-corrected chi connectivity index (χ2v) is 4.50. The molecule has 0 unspecified atom stereocenters. The molecule has 0 aliphatic carbocycles. The number of nitrogens with one attached hydrogen (secondary N) is 1. The number of nitrogens with two attached hydrogens (primary N) is 1. The van der Waals surface area contributed by atoms with Crippen LogP contribution in [0.3, 0.4) is 0 Å². The second-order valence-electron chi connectivity index (χ2n) is 4.12. The average Bonchev–Trinajstić information content (AvgIpc) is 2.38. The Kier molecular flexibility index (Phi) is 4.19. The molecule has 2 rings (SSSR count). The predicted molar refractivity (Wildman–Crippen MR) is 77.2 cm³/mol. The van der Waals surface area contributed by atoms with Crippen LogP contribution in [0.2, 0.25) is 5.15 Å². The summed E-state index contributed by atoms with van der Waals surface area (Å²) < 4.78 is 0. The van der Waals surface area contributed by atoms with Crippen LogP contribution in [0.1, 0.15) is 5.69 Å². The van der Waals surface area contributed by atoms with Gasteiger partial charge in [0.25, 0.3) is 0 Å². The lowest BCUT2D eigenvalue weighted by molar-refractivity contribution is 0.311. The zero-order valence-corrected chi connectivity index (χ0v) is 11.3. The number of nitrogen functional groups attached to an aromatic ring is 1. The molecule has 19 heavy (non-hydrogen) atoms. The number of rotatable bonds is 4. The summed E-state index contributed by atoms with van der Waals surface area (Å²) >= 11 is 6.01. The molecule has 6 heteroatoms. The van der Waals surface area contributed by atoms with E-state index in [4.69, 9.17) is 22.4 Å². The molecule has 2 aromatic rings. The van der Waals surface area contributed by atoms with E-state index < -0.39 is 0 Å². The van der Waals surface area contributed by atoms with Gasteiger partial charge in [0, 0.05) is 17.8 Å². The molecule has 5 nitrogen and oxygen atoms in total. The zero-order chi connectivity index (χ0) is 13.8. The molecule has 0 aliphatic rings. The van der Waals surface area contributed by atoms with Gasteiger partial charge >= 0.3 is 0 Å². The van der Waals surface area contributed by atoms with Crippen molar-refractivity contribution >= 4 is 23.1 Å². The molecule has 0 atom stereocenters. The van der Waals surface area contributed by atoms with Crippen molar-refractivity contribution in [3.05, 3.63) is 35.2 Å². The van der Waals surface area contributed by atoms with Crippen LogP contribution in [0, 0.1) is 6.92 Å². The van der Waals surface area contributed by atoms with Gasteiger partial charge in [-0.3, -0.25) is 4.98 Å². The van der Waals surface area contributed by atoms with E-state index in [0.29, 0.717) is 23.2 Å². The molecule has 0 spiro atoms. The number of hydrogen-bond acceptors (Lipinski definition) is 5. The number of pyridine rings is 2. The molecule has 0 saturated heterocycles. The standard InChI is InChI=1S/C13H15ClN4O/c1-8-11(6-10(15)7-17-8)9-4-12(14)18-13(5-9)16-2-3-19/h4-7,19H,2-3,15H2,1H3,(H,16,18). The van der Waals surface area contributed by atoms with Crippen molar-refractivity contribution in [2.24, 2.45) is 0 Å². The summed E-state index contributed by atoms with van der Waals surface area (Å²) in [7, 11) is 0. The first-order valence-electron chi connectivity index (χ1n) is 5.85. The summed E-state index contributed by atoms with van der Waals surface area (Å²) in [6.45, 7) is 2.35. The molecular weight excluding hydrogens is 264 g/mol. The van der Waals surface area contributed by atoms with Gasteiger partial charge in [-0.25, -0.2) is 4.98 Å². The topological polar surface area (TPSA) is 84.1 Å². The van der Waals surface area contributed by atoms with Gasteiger partial charge < -0.3 is 16.2 Å². The molecule has 0 amide bonds. The van der Waals surface area contributed by atoms with Crippen LogP contribution in [-0.4, -0.2) is 28.2 Å². The van der Waals surface area contributed by atoms with E-state index in [1.54, 1.807) is 12.3 Å². The Bertz CT molecular complexity index is 589. The summed E-state index contributed by atoms with van der Waals surface area (Å²) in [5.41, 5.74) is 9.02. The van der Waals surface area contributed by atoms with Crippen LogP contribution in [0.5, 0.6) is 0 Å². The Labute approximate surface area is 116 Å². The fourth-order valence-corrected chi connectivity index (χ4v) is 1.98. The Morgan fingerprint density at radius 3 is 2.89 bits per heavy atom. The lowest BCUT2D eigenvalue weighted by Gasteiger charge is -2.10. The number of aryl methyl sites for hydroxylation is 1. The number of halogens is 1. The van der Waals surface area contributed by atoms with Gasteiger partial charge in [0.1, 0.15) is 11.0 Å². The quantitative estimate of drug-likeness (QED) is 0.746. The highest BCUT2D eigenvalue weighted by molar-refractivity contribution is 6.29. The largest absolute Gasteiger partial charge is 0.397 e. The van der Waals surface area contributed by atoms with Crippen molar-refractivity contribution in [2.45, 2.75) is 6.92 Å². The first-order valence-corrected chi connectivity index (χ1v) is 6.23. The highest BCUT2D eigenvalue weighted by Crippen LogP contribution is 2.27. The average molecular weight is 279 g/mol. The maximum absolute atomic E-state index is 8.81. The van der Waals surface area contributed by atoms with Crippen LogP contribution in [0.25, 0.3) is 11.1 Å². The van der Waals surface area contributed by atoms with Crippen LogP contribution in [0.15, 0.2) is 24.4 Å². The van der Waals surface area contributed by atoms with Crippen LogP contribution >= 0.6 is 11.6 Å². The molecule has 0 saturated carbocycles. The van der Waals surface area contributed by atoms with Crippen LogP contribution < -0.4 is 11.1 Å². The third-order valence-corrected chi connectivity index (χ3v) is 2.82. The second kappa shape index (κ2) is 5.86. The molecule has 0 aliphatic heterocycles. The van der Waals surface area contributed by atoms with E-state index in [1.807, 2.05) is 19.1 Å². The van der Waals surface area contributed by atoms with Gasteiger partial charge in [-0.1, -0.05) is 11.6 Å². The Balaban J connectivity index is 2.43. The van der Waals surface area contributed by atoms with Crippen molar-refractivity contribution in [3.63, 3.8) is 0 Å². The monoisotopic (exact) mass is 278 g/mol. The molecule has 0 fully saturated rings. The number of aliphatic hydroxyl groups excluding tert-OH is 1. The summed E-state index contributed by atoms with van der Waals surface area (Å²) in [4.78, 5) is 8.37. The SMILES string of the molecule is Cc1ncc(N)cc1-c1cc(Cl)nc(NCCO)c1. The highest BCUT2D eigenvalue weighted by Gasteiger charge is 2.07. The van der Waals surface area contributed by atoms with E-state index in [9.17, 15) is 0 Å². The highest BCUT2D eigenvalue weighted by atomic mass is 35.5. The predicted octanol–water partition coefficient (Wildman–Crippen LogP) is 2.09. The number of nitrogens with zero attached hydrogens (tertiary/aromatic N) is 2. The third kappa shape index (κ3) is 3.33. The normalized spacial score (nSPS) is 10.5. The smallest absolute Gasteiger partial charge is 0.132 e. The van der Waals surface area contributed by atoms with E-state index in [1.165, 1.54) is 0 Å². The Morgan fingerprint density at radius 2 is 2.16 bits per heavy atom. The third-order valence-electron chi connectivity index (χ3n) is 2.63. The zero-order valence-electron chi connectivity index (χ0n) is 10.5. The molecule has 0 bridgehead atoms. The van der Waals surface area contributed by atoms with Crippen molar-refractivity contribution in [3.8, 4) is 11.1 Å². The van der Waals surface area contributed by atoms with Crippen LogP contribution in [-0.2, 0) is 0 Å². The van der Waals surface area contributed by atoms with Gasteiger partial charge in [0.2, 0.25) is 0 Å². The number of hydrogen-bond donors (Lipinski definition) is 3. The first-order chi connectivity index (χ1) is 9.10. The van der Waals surface area contributed by atoms with Crippen molar-refractivity contribution in [2.75, 3.05) is 24.2 Å². The van der Waals surface area contributed by atoms with Crippen molar-refractivity contribution in [1.82, 2.24) is 9.97 Å². The molecule has 100 valence electrons. The van der Waals surface area contributed by atoms with E-state index in [2.05, 4.69) is 15.3 Å². The first kappa shape index (κ1) is 13.6. The molecule has 4 N–H and O–H groups in total. The summed E-state index contributed by atoms with van der Waals surface area (Å²) in [5.74, 6) is 0.610. The minimum absolute atomic E-state index is 0.0302. The lowest BCUT2D eigenvalue weighted by atomic mass is 10.1. The van der Waals surface area contributed by atoms with Gasteiger partial charge in [-0.05, 0) is 30.7 Å². The molecular formula is C13H15ClN4O. The fourth-order valence-electron chi connectivity index (χ4n) is 1.77. The van der Waals surface area contributed by atoms with Crippen molar-refractivity contribution < 1.29 is 5.11 Å². The minimum Gasteiger partial charge on any atom is -0.397 e. The molecule has 2 heterocycles. The van der Waals surface area contributed by atoms with Crippen LogP contribution in [0.4, 0.5) is 11.5 Å². The minimum atomic E-state index is 0.0302. The number of aromatic nitrogens is 2. The number of anilines is 2. The fraction of sp³-hybridized carbons (Fsp3) is 0.231. The Morgan fingerprint density at radius 1 is 1.37 bits per heavy atom. The molecule has 0 aromatic carbocycles. The van der Waals surface area contributed by atoms with E-state index in [0.717, 1.165) is 16.8 Å². The summed E-state index contributed by atoms with van der Waals surface area (Å²) in [6, 6.07) is 5.46.